The molecule has 6 heteroatoms. The Morgan fingerprint density at radius 2 is 2.00 bits per heavy atom. The van der Waals surface area contributed by atoms with Crippen LogP contribution in [0.5, 0.6) is 11.5 Å². The maximum absolute atomic E-state index is 12.1. The number of aliphatic hydroxyl groups excluding tert-OH is 1. The van der Waals surface area contributed by atoms with Gasteiger partial charge in [-0.25, -0.2) is 0 Å². The predicted octanol–water partition coefficient (Wildman–Crippen LogP) is 1.69. The van der Waals surface area contributed by atoms with Gasteiger partial charge in [-0.05, 0) is 30.0 Å². The van der Waals surface area contributed by atoms with Gasteiger partial charge in [0.15, 0.2) is 11.5 Å². The molecule has 1 fully saturated rings. The lowest BCUT2D eigenvalue weighted by Gasteiger charge is -2.26. The zero-order valence-corrected chi connectivity index (χ0v) is 13.9. The molecule has 0 aromatic heterocycles. The standard InChI is InChI=1S/C18H26N2O4/c19-14(8-12-4-2-1-3-5-12)17(21)18(22)20-10-13-6-7-15-16(9-13)24-11-23-15/h6-7,9,12,14,17,21H,1-5,8,10-11,19H2,(H,20,22)/t14-,17?/m1/s1. The molecule has 4 N–H and O–H groups in total. The number of nitrogens with two attached hydrogens (primary N) is 1. The molecule has 0 bridgehead atoms. The monoisotopic (exact) mass is 334 g/mol. The Labute approximate surface area is 142 Å². The number of carbonyl (C=O) groups is 1. The van der Waals surface area contributed by atoms with Crippen molar-refractivity contribution in [3.8, 4) is 11.5 Å². The first-order valence-electron chi connectivity index (χ1n) is 8.73. The maximum atomic E-state index is 12.1. The fraction of sp³-hybridized carbons (Fsp3) is 0.611. The third kappa shape index (κ3) is 4.19. The van der Waals surface area contributed by atoms with E-state index in [0.29, 0.717) is 30.4 Å². The van der Waals surface area contributed by atoms with E-state index < -0.39 is 18.1 Å². The van der Waals surface area contributed by atoms with E-state index in [4.69, 9.17) is 15.2 Å². The van der Waals surface area contributed by atoms with Crippen molar-refractivity contribution in [3.05, 3.63) is 23.8 Å². The minimum Gasteiger partial charge on any atom is -0.454 e. The number of rotatable bonds is 6. The van der Waals surface area contributed by atoms with Gasteiger partial charge in [0.05, 0.1) is 0 Å². The van der Waals surface area contributed by atoms with E-state index in [9.17, 15) is 9.90 Å². The van der Waals surface area contributed by atoms with Crippen LogP contribution < -0.4 is 20.5 Å². The van der Waals surface area contributed by atoms with Gasteiger partial charge >= 0.3 is 0 Å². The summed E-state index contributed by atoms with van der Waals surface area (Å²) in [6.45, 7) is 0.544. The first-order chi connectivity index (χ1) is 11.6. The summed E-state index contributed by atoms with van der Waals surface area (Å²) in [6.07, 6.45) is 5.58. The Kier molecular flexibility index (Phi) is 5.58. The fourth-order valence-corrected chi connectivity index (χ4v) is 3.48. The molecule has 0 spiro atoms. The molecule has 1 aliphatic carbocycles. The molecule has 1 heterocycles. The van der Waals surface area contributed by atoms with E-state index in [1.165, 1.54) is 19.3 Å². The molecule has 1 unspecified atom stereocenters. The van der Waals surface area contributed by atoms with Gasteiger partial charge in [0.1, 0.15) is 6.10 Å². The summed E-state index contributed by atoms with van der Waals surface area (Å²) in [5, 5.41) is 12.9. The second-order valence-electron chi connectivity index (χ2n) is 6.75. The van der Waals surface area contributed by atoms with Crippen LogP contribution in [0.2, 0.25) is 0 Å². The van der Waals surface area contributed by atoms with Crippen molar-refractivity contribution in [3.63, 3.8) is 0 Å². The number of nitrogens with one attached hydrogen (secondary N) is 1. The average Bonchev–Trinajstić information content (AvgIpc) is 3.07. The topological polar surface area (TPSA) is 93.8 Å². The Bertz CT molecular complexity index is 572. The molecule has 24 heavy (non-hydrogen) atoms. The molecule has 0 radical (unpaired) electrons. The lowest BCUT2D eigenvalue weighted by Crippen LogP contribution is -2.47. The third-order valence-electron chi connectivity index (χ3n) is 4.91. The summed E-state index contributed by atoms with van der Waals surface area (Å²) >= 11 is 0. The summed E-state index contributed by atoms with van der Waals surface area (Å²) in [7, 11) is 0. The van der Waals surface area contributed by atoms with Gasteiger partial charge in [-0.1, -0.05) is 38.2 Å². The number of ether oxygens (including phenoxy) is 2. The maximum Gasteiger partial charge on any atom is 0.250 e. The highest BCUT2D eigenvalue weighted by Crippen LogP contribution is 2.32. The Morgan fingerprint density at radius 1 is 1.25 bits per heavy atom. The van der Waals surface area contributed by atoms with Crippen molar-refractivity contribution in [2.45, 2.75) is 57.2 Å². The number of carbonyl (C=O) groups excluding carboxylic acids is 1. The van der Waals surface area contributed by atoms with Gasteiger partial charge in [0, 0.05) is 12.6 Å². The van der Waals surface area contributed by atoms with Crippen LogP contribution in [-0.2, 0) is 11.3 Å². The Morgan fingerprint density at radius 3 is 2.79 bits per heavy atom. The molecular weight excluding hydrogens is 308 g/mol. The van der Waals surface area contributed by atoms with E-state index in [2.05, 4.69) is 5.32 Å². The predicted molar refractivity (Wildman–Crippen MR) is 89.6 cm³/mol. The van der Waals surface area contributed by atoms with Gasteiger partial charge in [-0.2, -0.15) is 0 Å². The van der Waals surface area contributed by atoms with Crippen molar-refractivity contribution in [2.24, 2.45) is 11.7 Å². The Hall–Kier alpha value is -1.79. The molecule has 3 rings (SSSR count). The van der Waals surface area contributed by atoms with Crippen molar-refractivity contribution < 1.29 is 19.4 Å². The first-order valence-corrected chi connectivity index (χ1v) is 8.73. The third-order valence-corrected chi connectivity index (χ3v) is 4.91. The van der Waals surface area contributed by atoms with Gasteiger partial charge in [-0.3, -0.25) is 4.79 Å². The van der Waals surface area contributed by atoms with Crippen LogP contribution >= 0.6 is 0 Å². The van der Waals surface area contributed by atoms with Crippen molar-refractivity contribution >= 4 is 5.91 Å². The molecule has 6 nitrogen and oxygen atoms in total. The van der Waals surface area contributed by atoms with Crippen LogP contribution in [0, 0.1) is 5.92 Å². The van der Waals surface area contributed by atoms with Crippen LogP contribution in [-0.4, -0.2) is 30.0 Å². The fourth-order valence-electron chi connectivity index (χ4n) is 3.48. The highest BCUT2D eigenvalue weighted by molar-refractivity contribution is 5.81. The molecule has 1 aromatic rings. The first kappa shape index (κ1) is 17.0. The molecule has 132 valence electrons. The van der Waals surface area contributed by atoms with Crippen molar-refractivity contribution in [2.75, 3.05) is 6.79 Å². The number of hydrogen-bond acceptors (Lipinski definition) is 5. The molecule has 0 saturated heterocycles. The van der Waals surface area contributed by atoms with Crippen LogP contribution in [0.1, 0.15) is 44.1 Å². The average molecular weight is 334 g/mol. The van der Waals surface area contributed by atoms with E-state index in [1.807, 2.05) is 18.2 Å². The summed E-state index contributed by atoms with van der Waals surface area (Å²) in [5.74, 6) is 1.50. The second-order valence-corrected chi connectivity index (χ2v) is 6.75. The normalized spacial score (nSPS) is 19.8. The zero-order valence-electron chi connectivity index (χ0n) is 13.9. The van der Waals surface area contributed by atoms with Gasteiger partial charge in [0.2, 0.25) is 6.79 Å². The molecule has 2 atom stereocenters. The van der Waals surface area contributed by atoms with Crippen LogP contribution in [0.4, 0.5) is 0 Å². The summed E-state index contributed by atoms with van der Waals surface area (Å²) in [5.41, 5.74) is 6.93. The van der Waals surface area contributed by atoms with Gasteiger partial charge < -0.3 is 25.6 Å². The molecule has 2 aliphatic rings. The van der Waals surface area contributed by atoms with E-state index in [1.54, 1.807) is 0 Å². The minimum atomic E-state index is -1.17. The smallest absolute Gasteiger partial charge is 0.250 e. The highest BCUT2D eigenvalue weighted by atomic mass is 16.7. The van der Waals surface area contributed by atoms with Crippen LogP contribution in [0.3, 0.4) is 0 Å². The largest absolute Gasteiger partial charge is 0.454 e. The quantitative estimate of drug-likeness (QED) is 0.736. The van der Waals surface area contributed by atoms with E-state index >= 15 is 0 Å². The lowest BCUT2D eigenvalue weighted by atomic mass is 9.84. The number of hydrogen-bond donors (Lipinski definition) is 3. The molecule has 1 aromatic carbocycles. The van der Waals surface area contributed by atoms with Gasteiger partial charge in [-0.15, -0.1) is 0 Å². The number of amides is 1. The minimum absolute atomic E-state index is 0.222. The van der Waals surface area contributed by atoms with Crippen molar-refractivity contribution in [1.82, 2.24) is 5.32 Å². The highest BCUT2D eigenvalue weighted by Gasteiger charge is 2.26. The van der Waals surface area contributed by atoms with E-state index in [0.717, 1.165) is 18.4 Å². The molecule has 1 amide bonds. The van der Waals surface area contributed by atoms with Crippen molar-refractivity contribution in [1.29, 1.82) is 0 Å². The Balaban J connectivity index is 1.46. The van der Waals surface area contributed by atoms with Gasteiger partial charge in [0.25, 0.3) is 5.91 Å². The lowest BCUT2D eigenvalue weighted by molar-refractivity contribution is -0.130. The summed E-state index contributed by atoms with van der Waals surface area (Å²) < 4.78 is 10.6. The molecule has 1 aliphatic heterocycles. The summed E-state index contributed by atoms with van der Waals surface area (Å²) in [4.78, 5) is 12.1. The zero-order chi connectivity index (χ0) is 16.9. The van der Waals surface area contributed by atoms with Crippen LogP contribution in [0.25, 0.3) is 0 Å². The number of fused-ring (bicyclic) bond motifs is 1. The molecule has 1 saturated carbocycles. The number of aliphatic hydroxyl groups is 1. The summed E-state index contributed by atoms with van der Waals surface area (Å²) in [6, 6.07) is 5.00. The SMILES string of the molecule is N[C@H](CC1CCCCC1)C(O)C(=O)NCc1ccc2c(c1)OCO2. The van der Waals surface area contributed by atoms with Crippen LogP contribution in [0.15, 0.2) is 18.2 Å². The second kappa shape index (κ2) is 7.85. The molecular formula is C18H26N2O4. The number of benzene rings is 1. The van der Waals surface area contributed by atoms with E-state index in [-0.39, 0.29) is 6.79 Å².